The summed E-state index contributed by atoms with van der Waals surface area (Å²) in [7, 11) is 1.25. The van der Waals surface area contributed by atoms with Crippen LogP contribution in [0.4, 0.5) is 10.5 Å². The normalized spacial score (nSPS) is 21.0. The zero-order valence-corrected chi connectivity index (χ0v) is 14.2. The molecule has 140 valence electrons. The van der Waals surface area contributed by atoms with E-state index in [0.717, 1.165) is 0 Å². The number of esters is 1. The number of aliphatic carboxylic acids is 1. The molecule has 0 radical (unpaired) electrons. The third kappa shape index (κ3) is 3.81. The lowest BCUT2D eigenvalue weighted by Gasteiger charge is -2.27. The first-order chi connectivity index (χ1) is 12.5. The van der Waals surface area contributed by atoms with Gasteiger partial charge in [0.25, 0.3) is 0 Å². The molecule has 1 heterocycles. The van der Waals surface area contributed by atoms with Gasteiger partial charge in [-0.3, -0.25) is 4.79 Å². The molecule has 9 nitrogen and oxygen atoms in total. The number of amides is 2. The van der Waals surface area contributed by atoms with Crippen LogP contribution >= 0.6 is 0 Å². The molecule has 3 rings (SSSR count). The third-order valence-corrected chi connectivity index (χ3v) is 4.58. The number of rotatable bonds is 4. The van der Waals surface area contributed by atoms with Gasteiger partial charge < -0.3 is 30.0 Å². The zero-order chi connectivity index (χ0) is 18.7. The fraction of sp³-hybridized carbons (Fsp3) is 0.471. The molecule has 2 amide bonds. The summed E-state index contributed by atoms with van der Waals surface area (Å²) in [4.78, 5) is 35.2. The minimum Gasteiger partial charge on any atom is -0.481 e. The summed E-state index contributed by atoms with van der Waals surface area (Å²) >= 11 is 0. The van der Waals surface area contributed by atoms with Gasteiger partial charge in [0.1, 0.15) is 0 Å². The number of benzene rings is 1. The van der Waals surface area contributed by atoms with E-state index in [9.17, 15) is 14.4 Å². The molecule has 1 aromatic carbocycles. The molecule has 0 atom stereocenters. The summed E-state index contributed by atoms with van der Waals surface area (Å²) in [6, 6.07) is 2.38. The molecule has 0 saturated heterocycles. The number of fused-ring (bicyclic) bond motifs is 1. The fourth-order valence-electron chi connectivity index (χ4n) is 3.15. The van der Waals surface area contributed by atoms with Crippen LogP contribution in [0.25, 0.3) is 0 Å². The number of carboxylic acid groups (broad SMARTS) is 1. The van der Waals surface area contributed by atoms with Gasteiger partial charge in [-0.2, -0.15) is 0 Å². The monoisotopic (exact) mass is 364 g/mol. The van der Waals surface area contributed by atoms with Gasteiger partial charge in [0.15, 0.2) is 11.5 Å². The Balaban J connectivity index is 1.66. The van der Waals surface area contributed by atoms with Gasteiger partial charge in [-0.15, -0.1) is 0 Å². The first kappa shape index (κ1) is 17.8. The number of methoxy groups -OCH3 is 1. The Morgan fingerprint density at radius 3 is 2.38 bits per heavy atom. The van der Waals surface area contributed by atoms with Gasteiger partial charge in [0.05, 0.1) is 24.3 Å². The SMILES string of the molecule is COC(=O)c1cc2c(cc1NC(=O)NC1CCC(C(=O)O)CC1)OCO2. The molecule has 9 heteroatoms. The van der Waals surface area contributed by atoms with Crippen LogP contribution in [0.3, 0.4) is 0 Å². The highest BCUT2D eigenvalue weighted by molar-refractivity contribution is 6.01. The molecule has 0 spiro atoms. The van der Waals surface area contributed by atoms with Crippen molar-refractivity contribution in [2.24, 2.45) is 5.92 Å². The molecule has 26 heavy (non-hydrogen) atoms. The van der Waals surface area contributed by atoms with Gasteiger partial charge in [0, 0.05) is 18.2 Å². The quantitative estimate of drug-likeness (QED) is 0.698. The lowest BCUT2D eigenvalue weighted by atomic mass is 9.86. The number of hydrogen-bond donors (Lipinski definition) is 3. The Kier molecular flexibility index (Phi) is 5.15. The zero-order valence-electron chi connectivity index (χ0n) is 14.2. The second-order valence-corrected chi connectivity index (χ2v) is 6.23. The summed E-state index contributed by atoms with van der Waals surface area (Å²) in [5.74, 6) is -0.925. The molecule has 1 aromatic rings. The van der Waals surface area contributed by atoms with Crippen LogP contribution in [-0.4, -0.2) is 43.0 Å². The highest BCUT2D eigenvalue weighted by Crippen LogP contribution is 2.37. The highest BCUT2D eigenvalue weighted by atomic mass is 16.7. The summed E-state index contributed by atoms with van der Waals surface area (Å²) < 4.78 is 15.2. The molecular formula is C17H20N2O7. The molecule has 1 fully saturated rings. The lowest BCUT2D eigenvalue weighted by molar-refractivity contribution is -0.142. The second-order valence-electron chi connectivity index (χ2n) is 6.23. The number of ether oxygens (including phenoxy) is 3. The van der Waals surface area contributed by atoms with Crippen molar-refractivity contribution in [3.63, 3.8) is 0 Å². The topological polar surface area (TPSA) is 123 Å². The van der Waals surface area contributed by atoms with Crippen molar-refractivity contribution < 1.29 is 33.7 Å². The minimum atomic E-state index is -0.795. The number of carbonyl (C=O) groups excluding carboxylic acids is 2. The van der Waals surface area contributed by atoms with Crippen molar-refractivity contribution in [1.82, 2.24) is 5.32 Å². The van der Waals surface area contributed by atoms with Crippen molar-refractivity contribution in [2.45, 2.75) is 31.7 Å². The van der Waals surface area contributed by atoms with Crippen LogP contribution in [-0.2, 0) is 9.53 Å². The summed E-state index contributed by atoms with van der Waals surface area (Å²) in [5, 5.41) is 14.5. The molecule has 1 saturated carbocycles. The van der Waals surface area contributed by atoms with Crippen molar-refractivity contribution in [1.29, 1.82) is 0 Å². The summed E-state index contributed by atoms with van der Waals surface area (Å²) in [6.07, 6.45) is 2.24. The van der Waals surface area contributed by atoms with Gasteiger partial charge in [-0.1, -0.05) is 0 Å². The second kappa shape index (κ2) is 7.51. The van der Waals surface area contributed by atoms with E-state index >= 15 is 0 Å². The predicted molar refractivity (Wildman–Crippen MR) is 89.4 cm³/mol. The summed E-state index contributed by atoms with van der Waals surface area (Å²) in [5.41, 5.74) is 0.402. The number of carboxylic acids is 1. The Labute approximate surface area is 149 Å². The minimum absolute atomic E-state index is 0.0401. The van der Waals surface area contributed by atoms with Crippen LogP contribution in [0, 0.1) is 5.92 Å². The van der Waals surface area contributed by atoms with Crippen LogP contribution < -0.4 is 20.1 Å². The lowest BCUT2D eigenvalue weighted by Crippen LogP contribution is -2.41. The molecule has 3 N–H and O–H groups in total. The van der Waals surface area contributed by atoms with Crippen LogP contribution in [0.2, 0.25) is 0 Å². The summed E-state index contributed by atoms with van der Waals surface area (Å²) in [6.45, 7) is 0.0401. The maximum atomic E-state index is 12.3. The Bertz CT molecular complexity index is 726. The smallest absolute Gasteiger partial charge is 0.340 e. The fourth-order valence-corrected chi connectivity index (χ4v) is 3.15. The van der Waals surface area contributed by atoms with E-state index in [-0.39, 0.29) is 30.0 Å². The number of anilines is 1. The van der Waals surface area contributed by atoms with E-state index in [0.29, 0.717) is 37.2 Å². The van der Waals surface area contributed by atoms with Crippen molar-refractivity contribution in [3.8, 4) is 11.5 Å². The maximum Gasteiger partial charge on any atom is 0.340 e. The van der Waals surface area contributed by atoms with E-state index in [1.807, 2.05) is 0 Å². The average molecular weight is 364 g/mol. The standard InChI is InChI=1S/C17H20N2O7/c1-24-16(22)11-6-13-14(26-8-25-13)7-12(11)19-17(23)18-10-4-2-9(3-5-10)15(20)21/h6-7,9-10H,2-5,8H2,1H3,(H,20,21)(H2,18,19,23). The van der Waals surface area contributed by atoms with Crippen molar-refractivity contribution in [3.05, 3.63) is 17.7 Å². The first-order valence-electron chi connectivity index (χ1n) is 8.30. The van der Waals surface area contributed by atoms with Crippen LogP contribution in [0.5, 0.6) is 11.5 Å². The third-order valence-electron chi connectivity index (χ3n) is 4.58. The van der Waals surface area contributed by atoms with E-state index in [4.69, 9.17) is 19.3 Å². The number of hydrogen-bond acceptors (Lipinski definition) is 6. The maximum absolute atomic E-state index is 12.3. The molecule has 0 unspecified atom stereocenters. The van der Waals surface area contributed by atoms with Crippen molar-refractivity contribution in [2.75, 3.05) is 19.2 Å². The Morgan fingerprint density at radius 2 is 1.77 bits per heavy atom. The number of carbonyl (C=O) groups is 3. The molecule has 1 aliphatic carbocycles. The van der Waals surface area contributed by atoms with Gasteiger partial charge >= 0.3 is 18.0 Å². The molecule has 1 aliphatic heterocycles. The molecule has 0 bridgehead atoms. The van der Waals surface area contributed by atoms with Gasteiger partial charge in [-0.25, -0.2) is 9.59 Å². The Hall–Kier alpha value is -2.97. The molecular weight excluding hydrogens is 344 g/mol. The Morgan fingerprint density at radius 1 is 1.12 bits per heavy atom. The van der Waals surface area contributed by atoms with E-state index in [1.54, 1.807) is 0 Å². The predicted octanol–water partition coefficient (Wildman–Crippen LogP) is 1.97. The number of nitrogens with one attached hydrogen (secondary N) is 2. The van der Waals surface area contributed by atoms with E-state index < -0.39 is 18.0 Å². The molecule has 2 aliphatic rings. The van der Waals surface area contributed by atoms with Crippen LogP contribution in [0.1, 0.15) is 36.0 Å². The van der Waals surface area contributed by atoms with E-state index in [1.165, 1.54) is 19.2 Å². The van der Waals surface area contributed by atoms with E-state index in [2.05, 4.69) is 10.6 Å². The highest BCUT2D eigenvalue weighted by Gasteiger charge is 2.27. The molecule has 0 aromatic heterocycles. The van der Waals surface area contributed by atoms with Gasteiger partial charge in [-0.05, 0) is 25.7 Å². The largest absolute Gasteiger partial charge is 0.481 e. The average Bonchev–Trinajstić information content (AvgIpc) is 3.08. The number of urea groups is 1. The van der Waals surface area contributed by atoms with Gasteiger partial charge in [0.2, 0.25) is 6.79 Å². The first-order valence-corrected chi connectivity index (χ1v) is 8.30. The van der Waals surface area contributed by atoms with Crippen LogP contribution in [0.15, 0.2) is 12.1 Å². The van der Waals surface area contributed by atoms with Crippen molar-refractivity contribution >= 4 is 23.7 Å².